The predicted octanol–water partition coefficient (Wildman–Crippen LogP) is 2.03. The molecular formula is C17H20FN5O. The maximum absolute atomic E-state index is 13.1. The first-order chi connectivity index (χ1) is 11.5. The Morgan fingerprint density at radius 2 is 2.21 bits per heavy atom. The zero-order valence-electron chi connectivity index (χ0n) is 13.6. The van der Waals surface area contributed by atoms with Crippen molar-refractivity contribution in [1.82, 2.24) is 9.97 Å². The Morgan fingerprint density at radius 3 is 2.96 bits per heavy atom. The van der Waals surface area contributed by atoms with E-state index in [1.54, 1.807) is 6.08 Å². The summed E-state index contributed by atoms with van der Waals surface area (Å²) in [6, 6.07) is 5.29. The number of H-pyrrole nitrogens is 1. The van der Waals surface area contributed by atoms with Crippen LogP contribution in [-0.4, -0.2) is 34.1 Å². The molecule has 1 aliphatic heterocycles. The quantitative estimate of drug-likeness (QED) is 0.758. The van der Waals surface area contributed by atoms with E-state index in [9.17, 15) is 9.50 Å². The minimum Gasteiger partial charge on any atom is -0.492 e. The Kier molecular flexibility index (Phi) is 4.59. The first kappa shape index (κ1) is 16.2. The Labute approximate surface area is 138 Å². The van der Waals surface area contributed by atoms with Gasteiger partial charge in [-0.05, 0) is 35.8 Å². The highest BCUT2D eigenvalue weighted by Gasteiger charge is 2.14. The molecule has 2 heterocycles. The first-order valence-corrected chi connectivity index (χ1v) is 7.89. The van der Waals surface area contributed by atoms with Gasteiger partial charge in [0.2, 0.25) is 11.8 Å². The third kappa shape index (κ3) is 3.61. The fourth-order valence-electron chi connectivity index (χ4n) is 2.63. The second-order valence-electron chi connectivity index (χ2n) is 6.21. The third-order valence-corrected chi connectivity index (χ3v) is 3.70. The predicted molar refractivity (Wildman–Crippen MR) is 92.0 cm³/mol. The number of benzene rings is 1. The van der Waals surface area contributed by atoms with Gasteiger partial charge in [-0.25, -0.2) is 14.4 Å². The molecule has 24 heavy (non-hydrogen) atoms. The lowest BCUT2D eigenvalue weighted by Gasteiger charge is -2.16. The highest BCUT2D eigenvalue weighted by Crippen LogP contribution is 2.19. The SMILES string of the molecule is CC(C)C[C@H](CF)Nc1nc(O)c(/C=c2\ccc3c(c2)N=CN=3)[nH]1. The molecule has 3 N–H and O–H groups in total. The van der Waals surface area contributed by atoms with Crippen LogP contribution in [0.4, 0.5) is 16.0 Å². The van der Waals surface area contributed by atoms with E-state index in [4.69, 9.17) is 0 Å². The molecule has 6 nitrogen and oxygen atoms in total. The van der Waals surface area contributed by atoms with Gasteiger partial charge in [-0.15, -0.1) is 0 Å². The number of alkyl halides is 1. The van der Waals surface area contributed by atoms with Crippen molar-refractivity contribution < 1.29 is 9.50 Å². The average Bonchev–Trinajstić information content (AvgIpc) is 3.12. The van der Waals surface area contributed by atoms with Gasteiger partial charge in [0, 0.05) is 0 Å². The van der Waals surface area contributed by atoms with E-state index in [-0.39, 0.29) is 11.9 Å². The van der Waals surface area contributed by atoms with Gasteiger partial charge in [0.25, 0.3) is 0 Å². The van der Waals surface area contributed by atoms with Crippen LogP contribution in [0.5, 0.6) is 5.88 Å². The van der Waals surface area contributed by atoms with Gasteiger partial charge in [-0.1, -0.05) is 19.9 Å². The van der Waals surface area contributed by atoms with Gasteiger partial charge in [0.05, 0.1) is 17.1 Å². The molecule has 0 spiro atoms. The lowest BCUT2D eigenvalue weighted by Crippen LogP contribution is -2.24. The van der Waals surface area contributed by atoms with Crippen molar-refractivity contribution in [3.8, 4) is 5.88 Å². The van der Waals surface area contributed by atoms with E-state index in [0.717, 1.165) is 16.3 Å². The molecule has 0 radical (unpaired) electrons. The zero-order chi connectivity index (χ0) is 17.1. The molecule has 1 aliphatic rings. The molecular weight excluding hydrogens is 309 g/mol. The topological polar surface area (TPSA) is 85.7 Å². The van der Waals surface area contributed by atoms with Gasteiger partial charge in [-0.3, -0.25) is 0 Å². The molecule has 0 fully saturated rings. The number of hydrogen-bond acceptors (Lipinski definition) is 5. The summed E-state index contributed by atoms with van der Waals surface area (Å²) >= 11 is 0. The van der Waals surface area contributed by atoms with E-state index < -0.39 is 6.67 Å². The molecule has 0 unspecified atom stereocenters. The number of anilines is 1. The highest BCUT2D eigenvalue weighted by atomic mass is 19.1. The number of hydrogen-bond donors (Lipinski definition) is 3. The average molecular weight is 329 g/mol. The van der Waals surface area contributed by atoms with E-state index in [0.29, 0.717) is 24.0 Å². The number of halogens is 1. The standard InChI is InChI=1S/C17H20FN5O/c1-10(2)5-12(8-18)21-17-22-15(16(24)23-17)7-11-3-4-13-14(6-11)20-9-19-13/h3-4,6-7,9-10,12,24H,5,8H2,1-2H3,(H2,21,22,23)/b11-7+/t12-/m1/s1. The van der Waals surface area contributed by atoms with Crippen molar-refractivity contribution in [3.05, 3.63) is 34.5 Å². The summed E-state index contributed by atoms with van der Waals surface area (Å²) in [6.07, 6.45) is 3.95. The number of fused-ring (bicyclic) bond motifs is 1. The van der Waals surface area contributed by atoms with Crippen LogP contribution in [0.2, 0.25) is 0 Å². The summed E-state index contributed by atoms with van der Waals surface area (Å²) in [5.74, 6) is 0.592. The van der Waals surface area contributed by atoms with Crippen LogP contribution >= 0.6 is 0 Å². The minimum absolute atomic E-state index is 0.131. The Bertz CT molecular complexity index is 872. The van der Waals surface area contributed by atoms with E-state index in [1.807, 2.05) is 32.0 Å². The maximum atomic E-state index is 13.1. The van der Waals surface area contributed by atoms with Gasteiger partial charge in [0.1, 0.15) is 18.7 Å². The lowest BCUT2D eigenvalue weighted by molar-refractivity contribution is 0.396. The van der Waals surface area contributed by atoms with Crippen molar-refractivity contribution in [2.24, 2.45) is 15.9 Å². The third-order valence-electron chi connectivity index (χ3n) is 3.70. The van der Waals surface area contributed by atoms with Crippen LogP contribution in [0.15, 0.2) is 28.2 Å². The van der Waals surface area contributed by atoms with E-state index in [2.05, 4.69) is 25.3 Å². The number of aromatic nitrogens is 2. The molecule has 3 rings (SSSR count). The number of rotatable bonds is 6. The number of nitrogens with zero attached hydrogens (tertiary/aromatic N) is 3. The summed E-state index contributed by atoms with van der Waals surface area (Å²) < 4.78 is 13.1. The van der Waals surface area contributed by atoms with Crippen molar-refractivity contribution in [2.45, 2.75) is 26.3 Å². The summed E-state index contributed by atoms with van der Waals surface area (Å²) in [4.78, 5) is 15.3. The van der Waals surface area contributed by atoms with Gasteiger partial charge in [-0.2, -0.15) is 4.98 Å². The monoisotopic (exact) mass is 329 g/mol. The van der Waals surface area contributed by atoms with Crippen LogP contribution in [0, 0.1) is 5.92 Å². The number of aromatic hydroxyl groups is 1. The van der Waals surface area contributed by atoms with Crippen LogP contribution in [0.3, 0.4) is 0 Å². The van der Waals surface area contributed by atoms with Crippen LogP contribution in [0.1, 0.15) is 26.0 Å². The molecule has 1 aromatic carbocycles. The molecule has 0 saturated carbocycles. The second-order valence-corrected chi connectivity index (χ2v) is 6.21. The lowest BCUT2D eigenvalue weighted by atomic mass is 10.1. The Morgan fingerprint density at radius 1 is 1.38 bits per heavy atom. The Hall–Kier alpha value is -2.70. The largest absolute Gasteiger partial charge is 0.492 e. The highest BCUT2D eigenvalue weighted by molar-refractivity contribution is 5.67. The molecule has 0 saturated heterocycles. The fourth-order valence-corrected chi connectivity index (χ4v) is 2.63. The number of aromatic amines is 1. The summed E-state index contributed by atoms with van der Waals surface area (Å²) in [6.45, 7) is 3.57. The molecule has 0 bridgehead atoms. The summed E-state index contributed by atoms with van der Waals surface area (Å²) in [5.41, 5.74) is 1.24. The molecule has 0 amide bonds. The van der Waals surface area contributed by atoms with Gasteiger partial charge < -0.3 is 15.4 Å². The summed E-state index contributed by atoms with van der Waals surface area (Å²) in [7, 11) is 0. The molecule has 1 atom stereocenters. The van der Waals surface area contributed by atoms with Crippen LogP contribution in [0.25, 0.3) is 6.08 Å². The van der Waals surface area contributed by atoms with Crippen molar-refractivity contribution in [2.75, 3.05) is 12.0 Å². The van der Waals surface area contributed by atoms with Crippen molar-refractivity contribution in [3.63, 3.8) is 0 Å². The molecule has 1 aromatic heterocycles. The molecule has 2 aromatic rings. The molecule has 0 aliphatic carbocycles. The second kappa shape index (κ2) is 6.82. The van der Waals surface area contributed by atoms with E-state index >= 15 is 0 Å². The summed E-state index contributed by atoms with van der Waals surface area (Å²) in [5, 5.41) is 14.7. The van der Waals surface area contributed by atoms with Crippen LogP contribution in [-0.2, 0) is 0 Å². The van der Waals surface area contributed by atoms with E-state index in [1.165, 1.54) is 6.34 Å². The Balaban J connectivity index is 1.83. The first-order valence-electron chi connectivity index (χ1n) is 7.89. The number of aliphatic imine (C=N–C) groups is 1. The van der Waals surface area contributed by atoms with Gasteiger partial charge in [0.15, 0.2) is 0 Å². The number of nitrogens with one attached hydrogen (secondary N) is 2. The number of imidazole rings is 1. The van der Waals surface area contributed by atoms with Crippen molar-refractivity contribution >= 4 is 24.1 Å². The fraction of sp³-hybridized carbons (Fsp3) is 0.353. The normalized spacial score (nSPS) is 14.8. The zero-order valence-corrected chi connectivity index (χ0v) is 13.6. The maximum Gasteiger partial charge on any atom is 0.238 e. The minimum atomic E-state index is -0.495. The molecule has 126 valence electrons. The van der Waals surface area contributed by atoms with Gasteiger partial charge >= 0.3 is 0 Å². The molecule has 7 heteroatoms. The van der Waals surface area contributed by atoms with Crippen LogP contribution < -0.4 is 15.9 Å². The smallest absolute Gasteiger partial charge is 0.238 e. The van der Waals surface area contributed by atoms with Crippen molar-refractivity contribution in [1.29, 1.82) is 0 Å².